The number of alkyl halides is 2. The molecule has 1 rings (SSSR count). The Balaban J connectivity index is 3.22. The fourth-order valence-electron chi connectivity index (χ4n) is 0.817. The van der Waals surface area contributed by atoms with Crippen LogP contribution in [0.3, 0.4) is 0 Å². The van der Waals surface area contributed by atoms with Crippen LogP contribution in [-0.4, -0.2) is 4.98 Å². The molecule has 0 aliphatic heterocycles. The Morgan fingerprint density at radius 2 is 2.00 bits per heavy atom. The van der Waals surface area contributed by atoms with E-state index in [4.69, 9.17) is 28.9 Å². The highest BCUT2D eigenvalue weighted by Crippen LogP contribution is 2.28. The molecule has 0 aromatic carbocycles. The number of rotatable bonds is 2. The summed E-state index contributed by atoms with van der Waals surface area (Å²) in [7, 11) is 0. The van der Waals surface area contributed by atoms with Gasteiger partial charge in [-0.1, -0.05) is 23.2 Å². The average Bonchev–Trinajstić information content (AvgIpc) is 2.03. The molecule has 1 heterocycles. The molecule has 2 N–H and O–H groups in total. The van der Waals surface area contributed by atoms with Crippen LogP contribution in [0, 0.1) is 0 Å². The quantitative estimate of drug-likeness (QED) is 0.843. The van der Waals surface area contributed by atoms with Gasteiger partial charge in [-0.3, -0.25) is 0 Å². The highest BCUT2D eigenvalue weighted by molar-refractivity contribution is 6.35. The van der Waals surface area contributed by atoms with Gasteiger partial charge in [0.2, 0.25) is 0 Å². The van der Waals surface area contributed by atoms with Crippen molar-refractivity contribution in [3.05, 3.63) is 27.5 Å². The minimum Gasteiger partial charge on any atom is -0.325 e. The highest BCUT2D eigenvalue weighted by Gasteiger charge is 2.16. The van der Waals surface area contributed by atoms with Gasteiger partial charge in [0.15, 0.2) is 0 Å². The van der Waals surface area contributed by atoms with E-state index >= 15 is 0 Å². The van der Waals surface area contributed by atoms with E-state index in [2.05, 4.69) is 4.98 Å². The monoisotopic (exact) mass is 226 g/mol. The van der Waals surface area contributed by atoms with E-state index in [9.17, 15) is 8.78 Å². The summed E-state index contributed by atoms with van der Waals surface area (Å²) in [5.41, 5.74) is 4.98. The van der Waals surface area contributed by atoms with Gasteiger partial charge in [0.25, 0.3) is 6.43 Å². The van der Waals surface area contributed by atoms with Crippen molar-refractivity contribution in [2.45, 2.75) is 13.0 Å². The van der Waals surface area contributed by atoms with Crippen molar-refractivity contribution >= 4 is 23.2 Å². The van der Waals surface area contributed by atoms with Crippen LogP contribution in [0.2, 0.25) is 10.0 Å². The SMILES string of the molecule is NCc1nc(C(F)F)c(Cl)cc1Cl. The molecular weight excluding hydrogens is 221 g/mol. The molecule has 72 valence electrons. The molecule has 0 saturated heterocycles. The van der Waals surface area contributed by atoms with Crippen LogP contribution < -0.4 is 5.73 Å². The zero-order chi connectivity index (χ0) is 10.0. The maximum Gasteiger partial charge on any atom is 0.281 e. The summed E-state index contributed by atoms with van der Waals surface area (Å²) >= 11 is 11.1. The number of hydrogen-bond acceptors (Lipinski definition) is 2. The molecule has 0 saturated carbocycles. The summed E-state index contributed by atoms with van der Waals surface area (Å²) in [5.74, 6) is 0. The van der Waals surface area contributed by atoms with Crippen LogP contribution in [0.15, 0.2) is 6.07 Å². The zero-order valence-electron chi connectivity index (χ0n) is 6.40. The van der Waals surface area contributed by atoms with Gasteiger partial charge in [0.05, 0.1) is 15.7 Å². The second-order valence-corrected chi connectivity index (χ2v) is 3.10. The van der Waals surface area contributed by atoms with Crippen molar-refractivity contribution in [3.63, 3.8) is 0 Å². The molecule has 1 aromatic rings. The van der Waals surface area contributed by atoms with Crippen molar-refractivity contribution in [2.24, 2.45) is 5.73 Å². The minimum atomic E-state index is -2.71. The van der Waals surface area contributed by atoms with Gasteiger partial charge in [-0.05, 0) is 6.07 Å². The van der Waals surface area contributed by atoms with Crippen molar-refractivity contribution in [2.75, 3.05) is 0 Å². The second kappa shape index (κ2) is 4.17. The van der Waals surface area contributed by atoms with Gasteiger partial charge < -0.3 is 5.73 Å². The van der Waals surface area contributed by atoms with Gasteiger partial charge >= 0.3 is 0 Å². The molecule has 0 aliphatic rings. The van der Waals surface area contributed by atoms with E-state index in [0.29, 0.717) is 0 Å². The summed E-state index contributed by atoms with van der Waals surface area (Å²) in [6, 6.07) is 1.22. The molecule has 0 bridgehead atoms. The van der Waals surface area contributed by atoms with Gasteiger partial charge in [-0.15, -0.1) is 0 Å². The lowest BCUT2D eigenvalue weighted by atomic mass is 10.3. The Morgan fingerprint density at radius 1 is 1.38 bits per heavy atom. The number of nitrogens with two attached hydrogens (primary N) is 1. The third-order valence-corrected chi connectivity index (χ3v) is 2.06. The molecular formula is C7H6Cl2F2N2. The Kier molecular flexibility index (Phi) is 3.41. The predicted octanol–water partition coefficient (Wildman–Crippen LogP) is 2.78. The first-order chi connectivity index (χ1) is 6.06. The van der Waals surface area contributed by atoms with Crippen LogP contribution in [0.5, 0.6) is 0 Å². The molecule has 13 heavy (non-hydrogen) atoms. The van der Waals surface area contributed by atoms with Crippen molar-refractivity contribution in [1.82, 2.24) is 4.98 Å². The number of halogens is 4. The van der Waals surface area contributed by atoms with E-state index < -0.39 is 12.1 Å². The van der Waals surface area contributed by atoms with E-state index in [1.165, 1.54) is 6.07 Å². The van der Waals surface area contributed by atoms with E-state index in [1.807, 2.05) is 0 Å². The van der Waals surface area contributed by atoms with Crippen LogP contribution in [0.4, 0.5) is 8.78 Å². The molecule has 0 unspecified atom stereocenters. The van der Waals surface area contributed by atoms with Gasteiger partial charge in [0, 0.05) is 6.54 Å². The number of aromatic nitrogens is 1. The first kappa shape index (κ1) is 10.6. The summed E-state index contributed by atoms with van der Waals surface area (Å²) < 4.78 is 24.5. The summed E-state index contributed by atoms with van der Waals surface area (Å²) in [6.07, 6.45) is -2.71. The van der Waals surface area contributed by atoms with Crippen molar-refractivity contribution in [3.8, 4) is 0 Å². The van der Waals surface area contributed by atoms with Crippen molar-refractivity contribution in [1.29, 1.82) is 0 Å². The predicted molar refractivity (Wildman–Crippen MR) is 47.1 cm³/mol. The van der Waals surface area contributed by atoms with Crippen LogP contribution in [0.25, 0.3) is 0 Å². The van der Waals surface area contributed by atoms with Gasteiger partial charge in [-0.25, -0.2) is 13.8 Å². The first-order valence-corrected chi connectivity index (χ1v) is 4.15. The largest absolute Gasteiger partial charge is 0.325 e. The number of nitrogens with zero attached hydrogens (tertiary/aromatic N) is 1. The fraction of sp³-hybridized carbons (Fsp3) is 0.286. The van der Waals surface area contributed by atoms with E-state index in [1.54, 1.807) is 0 Å². The van der Waals surface area contributed by atoms with Crippen LogP contribution in [-0.2, 0) is 6.54 Å². The lowest BCUT2D eigenvalue weighted by Crippen LogP contribution is -2.04. The molecule has 0 fully saturated rings. The second-order valence-electron chi connectivity index (χ2n) is 2.29. The molecule has 0 atom stereocenters. The summed E-state index contributed by atoms with van der Waals surface area (Å²) in [4.78, 5) is 3.55. The molecule has 0 radical (unpaired) electrons. The topological polar surface area (TPSA) is 38.9 Å². The zero-order valence-corrected chi connectivity index (χ0v) is 7.91. The fourth-order valence-corrected chi connectivity index (χ4v) is 1.34. The third-order valence-electron chi connectivity index (χ3n) is 1.43. The molecule has 0 aliphatic carbocycles. The lowest BCUT2D eigenvalue weighted by molar-refractivity contribution is 0.146. The maximum absolute atomic E-state index is 12.2. The Morgan fingerprint density at radius 3 is 2.46 bits per heavy atom. The Bertz CT molecular complexity index is 318. The summed E-state index contributed by atoms with van der Waals surface area (Å²) in [6.45, 7) is 0.00965. The normalized spacial score (nSPS) is 10.9. The van der Waals surface area contributed by atoms with Crippen LogP contribution >= 0.6 is 23.2 Å². The van der Waals surface area contributed by atoms with Gasteiger partial charge in [-0.2, -0.15) is 0 Å². The molecule has 0 amide bonds. The molecule has 0 spiro atoms. The van der Waals surface area contributed by atoms with E-state index in [-0.39, 0.29) is 22.3 Å². The van der Waals surface area contributed by atoms with Crippen molar-refractivity contribution < 1.29 is 8.78 Å². The minimum absolute atomic E-state index is 0.00965. The standard InChI is InChI=1S/C7H6Cl2F2N2/c8-3-1-4(9)6(7(10)11)13-5(3)2-12/h1,7H,2,12H2. The average molecular weight is 227 g/mol. The Labute approximate surface area is 83.7 Å². The highest BCUT2D eigenvalue weighted by atomic mass is 35.5. The Hall–Kier alpha value is -0.450. The van der Waals surface area contributed by atoms with Gasteiger partial charge in [0.1, 0.15) is 5.69 Å². The van der Waals surface area contributed by atoms with E-state index in [0.717, 1.165) is 0 Å². The smallest absolute Gasteiger partial charge is 0.281 e. The first-order valence-electron chi connectivity index (χ1n) is 3.39. The maximum atomic E-state index is 12.2. The number of pyridine rings is 1. The molecule has 1 aromatic heterocycles. The third kappa shape index (κ3) is 2.27. The lowest BCUT2D eigenvalue weighted by Gasteiger charge is -2.06. The number of hydrogen-bond donors (Lipinski definition) is 1. The van der Waals surface area contributed by atoms with Crippen LogP contribution in [0.1, 0.15) is 17.8 Å². The molecule has 6 heteroatoms. The molecule has 2 nitrogen and oxygen atoms in total. The summed E-state index contributed by atoms with van der Waals surface area (Å²) in [5, 5.41) is 0.0640.